The van der Waals surface area contributed by atoms with Crippen LogP contribution in [0.3, 0.4) is 0 Å². The van der Waals surface area contributed by atoms with Crippen molar-refractivity contribution in [3.05, 3.63) is 222 Å². The molecule has 10 aromatic rings. The summed E-state index contributed by atoms with van der Waals surface area (Å²) in [7, 11) is 0. The number of hydrogen-bond acceptors (Lipinski definition) is 4. The molecule has 0 unspecified atom stereocenters. The fourth-order valence-electron chi connectivity index (χ4n) is 8.65. The molecule has 4 nitrogen and oxygen atoms in total. The van der Waals surface area contributed by atoms with Gasteiger partial charge in [0.2, 0.25) is 0 Å². The van der Waals surface area contributed by atoms with Crippen molar-refractivity contribution in [1.29, 1.82) is 0 Å². The highest BCUT2D eigenvalue weighted by atomic mass is 16.3. The van der Waals surface area contributed by atoms with Crippen molar-refractivity contribution in [2.24, 2.45) is 0 Å². The van der Waals surface area contributed by atoms with Crippen molar-refractivity contribution in [1.82, 2.24) is 15.0 Å². The molecule has 2 aromatic heterocycles. The smallest absolute Gasteiger partial charge is 0.164 e. The molecule has 0 N–H and O–H groups in total. The van der Waals surface area contributed by atoms with Gasteiger partial charge in [-0.2, -0.15) is 0 Å². The summed E-state index contributed by atoms with van der Waals surface area (Å²) in [6, 6.07) is 70.6. The Hall–Kier alpha value is -7.43. The van der Waals surface area contributed by atoms with Crippen LogP contribution in [0.25, 0.3) is 78.4 Å². The monoisotopic (exact) mass is 715 g/mol. The molecule has 0 atom stereocenters. The van der Waals surface area contributed by atoms with E-state index in [0.29, 0.717) is 17.5 Å². The van der Waals surface area contributed by atoms with E-state index in [1.54, 1.807) is 0 Å². The normalized spacial score (nSPS) is 12.8. The van der Waals surface area contributed by atoms with Crippen molar-refractivity contribution < 1.29 is 4.42 Å². The summed E-state index contributed by atoms with van der Waals surface area (Å²) >= 11 is 0. The standard InChI is InChI=1S/C52H33N3O/c1-4-14-34(15-5-1)35-24-27-39(28-25-35)52(45-22-12-10-20-41(45)42-21-11-13-23-46(42)52)40-29-31-47-44(33-40)43-30-26-38(32-48(43)56-47)51-54-49(36-16-6-2-7-17-36)53-50(55-51)37-18-8-3-9-19-37/h1-33H. The minimum atomic E-state index is -0.535. The van der Waals surface area contributed by atoms with Crippen molar-refractivity contribution in [2.45, 2.75) is 5.41 Å². The van der Waals surface area contributed by atoms with Gasteiger partial charge in [-0.05, 0) is 68.8 Å². The number of furan rings is 1. The molecule has 8 aromatic carbocycles. The maximum atomic E-state index is 6.63. The number of nitrogens with zero attached hydrogens (tertiary/aromatic N) is 3. The third kappa shape index (κ3) is 5.04. The van der Waals surface area contributed by atoms with Gasteiger partial charge >= 0.3 is 0 Å². The molecule has 0 amide bonds. The molecule has 0 aliphatic heterocycles. The number of hydrogen-bond donors (Lipinski definition) is 0. The lowest BCUT2D eigenvalue weighted by atomic mass is 9.67. The molecule has 4 heteroatoms. The molecule has 56 heavy (non-hydrogen) atoms. The lowest BCUT2D eigenvalue weighted by molar-refractivity contribution is 0.668. The summed E-state index contributed by atoms with van der Waals surface area (Å²) < 4.78 is 6.63. The molecule has 262 valence electrons. The number of fused-ring (bicyclic) bond motifs is 6. The third-order valence-corrected chi connectivity index (χ3v) is 11.2. The fraction of sp³-hybridized carbons (Fsp3) is 0.0192. The van der Waals surface area contributed by atoms with E-state index in [-0.39, 0.29) is 0 Å². The maximum absolute atomic E-state index is 6.63. The van der Waals surface area contributed by atoms with E-state index in [1.165, 1.54) is 44.5 Å². The Balaban J connectivity index is 1.08. The van der Waals surface area contributed by atoms with Crippen LogP contribution in [0, 0.1) is 0 Å². The second-order valence-corrected chi connectivity index (χ2v) is 14.3. The molecule has 1 aliphatic rings. The Bertz CT molecular complexity index is 2960. The van der Waals surface area contributed by atoms with Crippen molar-refractivity contribution in [3.63, 3.8) is 0 Å². The minimum Gasteiger partial charge on any atom is -0.456 e. The number of rotatable bonds is 6. The van der Waals surface area contributed by atoms with Crippen molar-refractivity contribution in [2.75, 3.05) is 0 Å². The Morgan fingerprint density at radius 1 is 0.321 bits per heavy atom. The molecule has 0 saturated heterocycles. The fourth-order valence-corrected chi connectivity index (χ4v) is 8.65. The Morgan fingerprint density at radius 2 is 0.786 bits per heavy atom. The van der Waals surface area contributed by atoms with Crippen LogP contribution in [0.1, 0.15) is 22.3 Å². The van der Waals surface area contributed by atoms with E-state index in [0.717, 1.165) is 38.6 Å². The predicted octanol–water partition coefficient (Wildman–Crippen LogP) is 12.8. The highest BCUT2D eigenvalue weighted by Crippen LogP contribution is 2.56. The summed E-state index contributed by atoms with van der Waals surface area (Å²) in [4.78, 5) is 14.8. The van der Waals surface area contributed by atoms with Crippen LogP contribution in [0.5, 0.6) is 0 Å². The van der Waals surface area contributed by atoms with Crippen LogP contribution in [-0.4, -0.2) is 15.0 Å². The second kappa shape index (κ2) is 12.9. The predicted molar refractivity (Wildman–Crippen MR) is 226 cm³/mol. The average molecular weight is 716 g/mol. The van der Waals surface area contributed by atoms with Gasteiger partial charge in [-0.3, -0.25) is 0 Å². The topological polar surface area (TPSA) is 51.8 Å². The Labute approximate surface area is 324 Å². The Kier molecular flexibility index (Phi) is 7.36. The Morgan fingerprint density at radius 3 is 1.38 bits per heavy atom. The maximum Gasteiger partial charge on any atom is 0.164 e. The molecule has 0 bridgehead atoms. The van der Waals surface area contributed by atoms with Crippen LogP contribution >= 0.6 is 0 Å². The highest BCUT2D eigenvalue weighted by Gasteiger charge is 2.46. The van der Waals surface area contributed by atoms with E-state index in [1.807, 2.05) is 60.7 Å². The number of aromatic nitrogens is 3. The van der Waals surface area contributed by atoms with Gasteiger partial charge in [0.15, 0.2) is 17.5 Å². The quantitative estimate of drug-likeness (QED) is 0.172. The summed E-state index contributed by atoms with van der Waals surface area (Å²) in [6.07, 6.45) is 0. The zero-order valence-electron chi connectivity index (χ0n) is 30.3. The first kappa shape index (κ1) is 32.0. The molecule has 2 heterocycles. The molecule has 0 fully saturated rings. The van der Waals surface area contributed by atoms with Gasteiger partial charge in [-0.15, -0.1) is 0 Å². The van der Waals surface area contributed by atoms with Gasteiger partial charge in [0.1, 0.15) is 11.2 Å². The molecule has 0 saturated carbocycles. The highest BCUT2D eigenvalue weighted by molar-refractivity contribution is 6.06. The molecule has 0 spiro atoms. The SMILES string of the molecule is c1ccc(-c2ccc(C3(c4ccc5oc6cc(-c7nc(-c8ccccc8)nc(-c8ccccc8)n7)ccc6c5c4)c4ccccc4-c4ccccc43)cc2)cc1. The first-order valence-corrected chi connectivity index (χ1v) is 18.9. The number of benzene rings is 8. The van der Waals surface area contributed by atoms with Gasteiger partial charge < -0.3 is 4.42 Å². The van der Waals surface area contributed by atoms with Crippen LogP contribution in [-0.2, 0) is 5.41 Å². The summed E-state index contributed by atoms with van der Waals surface area (Å²) in [5.74, 6) is 1.85. The van der Waals surface area contributed by atoms with Crippen molar-refractivity contribution >= 4 is 21.9 Å². The van der Waals surface area contributed by atoms with E-state index in [2.05, 4.69) is 140 Å². The van der Waals surface area contributed by atoms with E-state index in [9.17, 15) is 0 Å². The molecule has 11 rings (SSSR count). The lowest BCUT2D eigenvalue weighted by Crippen LogP contribution is -2.28. The zero-order chi connectivity index (χ0) is 37.1. The van der Waals surface area contributed by atoms with E-state index < -0.39 is 5.41 Å². The van der Waals surface area contributed by atoms with Crippen LogP contribution in [0.4, 0.5) is 0 Å². The zero-order valence-corrected chi connectivity index (χ0v) is 30.3. The van der Waals surface area contributed by atoms with Gasteiger partial charge in [0, 0.05) is 27.5 Å². The average Bonchev–Trinajstić information content (AvgIpc) is 3.80. The molecule has 1 aliphatic carbocycles. The minimum absolute atomic E-state index is 0.535. The second-order valence-electron chi connectivity index (χ2n) is 14.3. The van der Waals surface area contributed by atoms with Gasteiger partial charge in [-0.1, -0.05) is 176 Å². The van der Waals surface area contributed by atoms with Crippen LogP contribution < -0.4 is 0 Å². The molecular formula is C52H33N3O. The molecule has 0 radical (unpaired) electrons. The first-order valence-electron chi connectivity index (χ1n) is 18.9. The summed E-state index contributed by atoms with van der Waals surface area (Å²) in [5, 5.41) is 2.11. The van der Waals surface area contributed by atoms with E-state index >= 15 is 0 Å². The molecular weight excluding hydrogens is 683 g/mol. The van der Waals surface area contributed by atoms with E-state index in [4.69, 9.17) is 19.4 Å². The first-order chi connectivity index (χ1) is 27.7. The van der Waals surface area contributed by atoms with Crippen LogP contribution in [0.2, 0.25) is 0 Å². The van der Waals surface area contributed by atoms with Gasteiger partial charge in [-0.25, -0.2) is 15.0 Å². The van der Waals surface area contributed by atoms with Gasteiger partial charge in [0.25, 0.3) is 0 Å². The van der Waals surface area contributed by atoms with Crippen LogP contribution in [0.15, 0.2) is 205 Å². The summed E-state index contributed by atoms with van der Waals surface area (Å²) in [6.45, 7) is 0. The third-order valence-electron chi connectivity index (χ3n) is 11.2. The van der Waals surface area contributed by atoms with Crippen molar-refractivity contribution in [3.8, 4) is 56.4 Å². The summed E-state index contributed by atoms with van der Waals surface area (Å²) in [5.41, 5.74) is 13.7. The lowest BCUT2D eigenvalue weighted by Gasteiger charge is -2.34. The largest absolute Gasteiger partial charge is 0.456 e. The van der Waals surface area contributed by atoms with Gasteiger partial charge in [0.05, 0.1) is 5.41 Å².